The molecule has 0 amide bonds. The van der Waals surface area contributed by atoms with Gasteiger partial charge in [-0.1, -0.05) is 6.92 Å². The Labute approximate surface area is 112 Å². The van der Waals surface area contributed by atoms with E-state index in [1.54, 1.807) is 24.3 Å². The van der Waals surface area contributed by atoms with Crippen LogP contribution in [0.25, 0.3) is 0 Å². The van der Waals surface area contributed by atoms with Gasteiger partial charge in [-0.15, -0.1) is 11.8 Å². The van der Waals surface area contributed by atoms with Gasteiger partial charge in [0.1, 0.15) is 11.9 Å². The van der Waals surface area contributed by atoms with Gasteiger partial charge in [-0.25, -0.2) is 9.97 Å². The zero-order valence-corrected chi connectivity index (χ0v) is 11.6. The summed E-state index contributed by atoms with van der Waals surface area (Å²) in [6, 6.07) is 4.86. The van der Waals surface area contributed by atoms with Crippen molar-refractivity contribution in [1.29, 1.82) is 5.26 Å². The highest BCUT2D eigenvalue weighted by Gasteiger charge is 2.33. The van der Waals surface area contributed by atoms with Crippen molar-refractivity contribution in [3.63, 3.8) is 0 Å². The minimum Gasteiger partial charge on any atom is -0.297 e. The lowest BCUT2D eigenvalue weighted by Crippen LogP contribution is -2.44. The molecule has 0 aromatic carbocycles. The lowest BCUT2D eigenvalue weighted by atomic mass is 9.98. The SMILES string of the molecule is CC(CC(C)(C#N)NC1CC1)Sc1ccncn1. The molecular weight excluding hydrogens is 244 g/mol. The Morgan fingerprint density at radius 3 is 3.00 bits per heavy atom. The fourth-order valence-electron chi connectivity index (χ4n) is 1.99. The largest absolute Gasteiger partial charge is 0.297 e. The molecule has 2 atom stereocenters. The maximum Gasteiger partial charge on any atom is 0.116 e. The monoisotopic (exact) mass is 262 g/mol. The number of hydrogen-bond donors (Lipinski definition) is 1. The Morgan fingerprint density at radius 1 is 1.67 bits per heavy atom. The second-order valence-corrected chi connectivity index (χ2v) is 6.50. The van der Waals surface area contributed by atoms with Crippen LogP contribution in [0.1, 0.15) is 33.1 Å². The molecule has 1 heterocycles. The minimum absolute atomic E-state index is 0.343. The van der Waals surface area contributed by atoms with Crippen LogP contribution >= 0.6 is 11.8 Å². The topological polar surface area (TPSA) is 61.6 Å². The van der Waals surface area contributed by atoms with E-state index in [0.717, 1.165) is 11.4 Å². The fourth-order valence-corrected chi connectivity index (χ4v) is 3.06. The Bertz CT molecular complexity index is 426. The zero-order valence-electron chi connectivity index (χ0n) is 10.8. The molecule has 1 aromatic heterocycles. The van der Waals surface area contributed by atoms with Crippen molar-refractivity contribution in [2.45, 2.75) is 55.0 Å². The smallest absolute Gasteiger partial charge is 0.116 e. The van der Waals surface area contributed by atoms with Gasteiger partial charge < -0.3 is 0 Å². The van der Waals surface area contributed by atoms with Crippen LogP contribution in [0, 0.1) is 11.3 Å². The molecule has 1 aliphatic rings. The van der Waals surface area contributed by atoms with Crippen molar-refractivity contribution < 1.29 is 0 Å². The highest BCUT2D eigenvalue weighted by molar-refractivity contribution is 7.99. The summed E-state index contributed by atoms with van der Waals surface area (Å²) in [5.41, 5.74) is -0.430. The van der Waals surface area contributed by atoms with Crippen molar-refractivity contribution in [2.75, 3.05) is 0 Å². The van der Waals surface area contributed by atoms with Gasteiger partial charge in [0.25, 0.3) is 0 Å². The summed E-state index contributed by atoms with van der Waals surface area (Å²) in [6.07, 6.45) is 6.51. The van der Waals surface area contributed by atoms with Gasteiger partial charge in [0.15, 0.2) is 0 Å². The molecule has 1 fully saturated rings. The van der Waals surface area contributed by atoms with E-state index in [-0.39, 0.29) is 0 Å². The Balaban J connectivity index is 1.89. The van der Waals surface area contributed by atoms with E-state index in [9.17, 15) is 5.26 Å². The van der Waals surface area contributed by atoms with Crippen molar-refractivity contribution in [3.8, 4) is 6.07 Å². The molecule has 2 rings (SSSR count). The van der Waals surface area contributed by atoms with Crippen LogP contribution in [0.2, 0.25) is 0 Å². The molecule has 0 radical (unpaired) electrons. The molecule has 1 aromatic rings. The first-order valence-electron chi connectivity index (χ1n) is 6.23. The van der Waals surface area contributed by atoms with E-state index in [0.29, 0.717) is 11.3 Å². The van der Waals surface area contributed by atoms with Gasteiger partial charge in [0.05, 0.1) is 11.1 Å². The molecule has 0 saturated heterocycles. The average Bonchev–Trinajstić information content (AvgIpc) is 3.13. The summed E-state index contributed by atoms with van der Waals surface area (Å²) in [6.45, 7) is 4.12. The molecule has 5 heteroatoms. The zero-order chi connectivity index (χ0) is 13.0. The highest BCUT2D eigenvalue weighted by atomic mass is 32.2. The summed E-state index contributed by atoms with van der Waals surface area (Å²) in [5.74, 6) is 0. The number of rotatable bonds is 6. The van der Waals surface area contributed by atoms with Gasteiger partial charge in [-0.3, -0.25) is 5.32 Å². The van der Waals surface area contributed by atoms with Crippen LogP contribution in [0.4, 0.5) is 0 Å². The Morgan fingerprint density at radius 2 is 2.44 bits per heavy atom. The molecule has 1 aliphatic carbocycles. The summed E-state index contributed by atoms with van der Waals surface area (Å²) >= 11 is 1.69. The van der Waals surface area contributed by atoms with Crippen LogP contribution in [-0.2, 0) is 0 Å². The molecule has 1 saturated carbocycles. The fraction of sp³-hybridized carbons (Fsp3) is 0.615. The number of aromatic nitrogens is 2. The Hall–Kier alpha value is -1.12. The third kappa shape index (κ3) is 3.97. The van der Waals surface area contributed by atoms with E-state index >= 15 is 0 Å². The molecule has 0 aliphatic heterocycles. The van der Waals surface area contributed by atoms with E-state index in [1.807, 2.05) is 13.0 Å². The van der Waals surface area contributed by atoms with E-state index < -0.39 is 5.54 Å². The number of hydrogen-bond acceptors (Lipinski definition) is 5. The average molecular weight is 262 g/mol. The van der Waals surface area contributed by atoms with Crippen molar-refractivity contribution in [2.24, 2.45) is 0 Å². The van der Waals surface area contributed by atoms with Gasteiger partial charge >= 0.3 is 0 Å². The van der Waals surface area contributed by atoms with Crippen LogP contribution in [0.5, 0.6) is 0 Å². The molecule has 0 bridgehead atoms. The van der Waals surface area contributed by atoms with Gasteiger partial charge in [-0.2, -0.15) is 5.26 Å². The first-order valence-corrected chi connectivity index (χ1v) is 7.11. The molecule has 4 nitrogen and oxygen atoms in total. The lowest BCUT2D eigenvalue weighted by molar-refractivity contribution is 0.414. The van der Waals surface area contributed by atoms with E-state index in [2.05, 4.69) is 28.3 Å². The van der Waals surface area contributed by atoms with Crippen molar-refractivity contribution in [3.05, 3.63) is 18.6 Å². The van der Waals surface area contributed by atoms with Gasteiger partial charge in [0, 0.05) is 17.5 Å². The molecule has 18 heavy (non-hydrogen) atoms. The molecule has 2 unspecified atom stereocenters. The predicted octanol–water partition coefficient (Wildman–Crippen LogP) is 2.38. The van der Waals surface area contributed by atoms with Crippen LogP contribution in [-0.4, -0.2) is 26.8 Å². The quantitative estimate of drug-likeness (QED) is 0.630. The standard InChI is InChI=1S/C13H18N4S/c1-10(18-12-5-6-15-9-16-12)7-13(2,8-14)17-11-3-4-11/h5-6,9-11,17H,3-4,7H2,1-2H3. The first-order chi connectivity index (χ1) is 8.61. The van der Waals surface area contributed by atoms with E-state index in [4.69, 9.17) is 0 Å². The number of nitrogens with one attached hydrogen (secondary N) is 1. The molecule has 1 N–H and O–H groups in total. The van der Waals surface area contributed by atoms with Crippen LogP contribution in [0.15, 0.2) is 23.6 Å². The second kappa shape index (κ2) is 5.68. The lowest BCUT2D eigenvalue weighted by Gasteiger charge is -2.26. The predicted molar refractivity (Wildman–Crippen MR) is 72.1 cm³/mol. The van der Waals surface area contributed by atoms with Gasteiger partial charge in [-0.05, 0) is 32.3 Å². The summed E-state index contributed by atoms with van der Waals surface area (Å²) in [4.78, 5) is 8.10. The highest BCUT2D eigenvalue weighted by Crippen LogP contribution is 2.29. The van der Waals surface area contributed by atoms with Crippen LogP contribution < -0.4 is 5.32 Å². The van der Waals surface area contributed by atoms with E-state index in [1.165, 1.54) is 12.8 Å². The Kier molecular flexibility index (Phi) is 4.20. The maximum absolute atomic E-state index is 9.33. The number of nitrogens with zero attached hydrogens (tertiary/aromatic N) is 3. The normalized spacial score (nSPS) is 19.8. The van der Waals surface area contributed by atoms with Crippen molar-refractivity contribution >= 4 is 11.8 Å². The van der Waals surface area contributed by atoms with Crippen molar-refractivity contribution in [1.82, 2.24) is 15.3 Å². The molecule has 0 spiro atoms. The molecule has 96 valence electrons. The summed E-state index contributed by atoms with van der Waals surface area (Å²) in [5, 5.41) is 14.1. The maximum atomic E-state index is 9.33. The summed E-state index contributed by atoms with van der Waals surface area (Å²) < 4.78 is 0. The third-order valence-electron chi connectivity index (χ3n) is 2.92. The van der Waals surface area contributed by atoms with Crippen LogP contribution in [0.3, 0.4) is 0 Å². The number of thioether (sulfide) groups is 1. The third-order valence-corrected chi connectivity index (χ3v) is 3.97. The first kappa shape index (κ1) is 13.3. The summed E-state index contributed by atoms with van der Waals surface area (Å²) in [7, 11) is 0. The molecular formula is C13H18N4S. The minimum atomic E-state index is -0.430. The number of nitriles is 1. The second-order valence-electron chi connectivity index (χ2n) is 5.04. The van der Waals surface area contributed by atoms with Gasteiger partial charge in [0.2, 0.25) is 0 Å².